The number of rotatable bonds is 5. The number of amides is 1. The predicted molar refractivity (Wildman–Crippen MR) is 136 cm³/mol. The van der Waals surface area contributed by atoms with Crippen LogP contribution in [0, 0.1) is 0 Å². The number of piperazine rings is 1. The van der Waals surface area contributed by atoms with Crippen LogP contribution >= 0.6 is 27.3 Å². The molecular weight excluding hydrogens is 539 g/mol. The Morgan fingerprint density at radius 2 is 1.57 bits per heavy atom. The van der Waals surface area contributed by atoms with Crippen molar-refractivity contribution < 1.29 is 18.0 Å². The molecule has 5 rings (SSSR count). The summed E-state index contributed by atoms with van der Waals surface area (Å²) in [5, 5.41) is 1.96. The summed E-state index contributed by atoms with van der Waals surface area (Å²) in [6.45, 7) is 4.01. The molecule has 1 amide bonds. The van der Waals surface area contributed by atoms with E-state index in [9.17, 15) is 18.0 Å². The molecule has 3 heterocycles. The van der Waals surface area contributed by atoms with Crippen LogP contribution in [0.4, 0.5) is 13.2 Å². The number of thiophene rings is 1. The summed E-state index contributed by atoms with van der Waals surface area (Å²) < 4.78 is 42.7. The van der Waals surface area contributed by atoms with E-state index in [1.165, 1.54) is 29.0 Å². The van der Waals surface area contributed by atoms with Gasteiger partial charge in [0.05, 0.1) is 20.3 Å². The lowest BCUT2D eigenvalue weighted by Gasteiger charge is -2.35. The van der Waals surface area contributed by atoms with Gasteiger partial charge in [0, 0.05) is 44.6 Å². The molecule has 1 saturated heterocycles. The molecule has 1 aliphatic rings. The van der Waals surface area contributed by atoms with Crippen molar-refractivity contribution in [3.05, 3.63) is 92.9 Å². The van der Waals surface area contributed by atoms with Gasteiger partial charge in [-0.05, 0) is 45.3 Å². The summed E-state index contributed by atoms with van der Waals surface area (Å²) in [6.07, 6.45) is -4.38. The lowest BCUT2D eigenvalue weighted by atomic mass is 10.1. The minimum Gasteiger partial charge on any atom is -0.335 e. The Balaban J connectivity index is 1.35. The Labute approximate surface area is 213 Å². The minimum atomic E-state index is -4.38. The van der Waals surface area contributed by atoms with E-state index in [0.29, 0.717) is 30.9 Å². The number of benzene rings is 2. The number of hydrogen-bond acceptors (Lipinski definition) is 3. The number of carbonyl (C=O) groups excluding carboxylic acids is 1. The van der Waals surface area contributed by atoms with Crippen molar-refractivity contribution in [2.24, 2.45) is 0 Å². The number of alkyl halides is 3. The van der Waals surface area contributed by atoms with Crippen molar-refractivity contribution in [2.75, 3.05) is 26.2 Å². The molecule has 2 aromatic heterocycles. The normalized spacial score (nSPS) is 15.1. The van der Waals surface area contributed by atoms with Gasteiger partial charge in [0.15, 0.2) is 0 Å². The molecule has 0 N–H and O–H groups in total. The van der Waals surface area contributed by atoms with E-state index in [0.717, 1.165) is 46.5 Å². The van der Waals surface area contributed by atoms with E-state index < -0.39 is 11.7 Å². The van der Waals surface area contributed by atoms with Crippen LogP contribution < -0.4 is 0 Å². The average molecular weight is 562 g/mol. The second-order valence-electron chi connectivity index (χ2n) is 8.66. The monoisotopic (exact) mass is 561 g/mol. The Hall–Kier alpha value is -2.62. The number of carbonyl (C=O) groups is 1. The molecule has 1 fully saturated rings. The third-order valence-electron chi connectivity index (χ3n) is 6.33. The molecule has 1 aliphatic heterocycles. The van der Waals surface area contributed by atoms with Crippen LogP contribution in [0.2, 0.25) is 0 Å². The molecule has 35 heavy (non-hydrogen) atoms. The van der Waals surface area contributed by atoms with Gasteiger partial charge >= 0.3 is 6.18 Å². The topological polar surface area (TPSA) is 28.5 Å². The maximum Gasteiger partial charge on any atom is 0.416 e. The summed E-state index contributed by atoms with van der Waals surface area (Å²) in [6, 6.07) is 17.3. The summed E-state index contributed by atoms with van der Waals surface area (Å²) >= 11 is 5.11. The highest BCUT2D eigenvalue weighted by Gasteiger charge is 2.30. The maximum atomic E-state index is 13.6. The summed E-state index contributed by atoms with van der Waals surface area (Å²) in [7, 11) is 0. The zero-order chi connectivity index (χ0) is 24.6. The van der Waals surface area contributed by atoms with Gasteiger partial charge in [-0.1, -0.05) is 42.5 Å². The summed E-state index contributed by atoms with van der Waals surface area (Å²) in [4.78, 5) is 17.8. The van der Waals surface area contributed by atoms with Crippen molar-refractivity contribution in [3.8, 4) is 0 Å². The van der Waals surface area contributed by atoms with Gasteiger partial charge in [0.1, 0.15) is 5.69 Å². The molecule has 182 valence electrons. The lowest BCUT2D eigenvalue weighted by molar-refractivity contribution is -0.137. The van der Waals surface area contributed by atoms with Gasteiger partial charge < -0.3 is 9.47 Å². The zero-order valence-corrected chi connectivity index (χ0v) is 21.2. The largest absolute Gasteiger partial charge is 0.416 e. The fourth-order valence-corrected chi connectivity index (χ4v) is 6.16. The number of halogens is 4. The second kappa shape index (κ2) is 9.79. The molecule has 4 aromatic rings. The van der Waals surface area contributed by atoms with Crippen LogP contribution in [-0.2, 0) is 19.3 Å². The standard InChI is InChI=1S/C26H23BrF3N3OS/c27-21-17-35-23-14-22(33(24(21)23)16-19-6-8-20(9-7-19)26(28,29)30)25(34)32-12-10-31(11-13-32)15-18-4-2-1-3-5-18/h1-9,14,17H,10-13,15-16H2. The highest BCUT2D eigenvalue weighted by molar-refractivity contribution is 9.10. The van der Waals surface area contributed by atoms with E-state index >= 15 is 0 Å². The third-order valence-corrected chi connectivity index (χ3v) is 8.15. The van der Waals surface area contributed by atoms with Gasteiger partial charge in [0.25, 0.3) is 5.91 Å². The first-order chi connectivity index (χ1) is 16.8. The van der Waals surface area contributed by atoms with Gasteiger partial charge in [-0.15, -0.1) is 11.3 Å². The Morgan fingerprint density at radius 3 is 2.23 bits per heavy atom. The SMILES string of the molecule is O=C(c1cc2scc(Br)c2n1Cc1ccc(C(F)(F)F)cc1)N1CCN(Cc2ccccc2)CC1. The highest BCUT2D eigenvalue weighted by Crippen LogP contribution is 2.35. The first kappa shape index (κ1) is 24.1. The predicted octanol–water partition coefficient (Wildman–Crippen LogP) is 6.49. The van der Waals surface area contributed by atoms with E-state index in [2.05, 4.69) is 33.0 Å². The van der Waals surface area contributed by atoms with Crippen molar-refractivity contribution in [2.45, 2.75) is 19.3 Å². The molecule has 0 saturated carbocycles. The Bertz CT molecular complexity index is 1320. The first-order valence-corrected chi connectivity index (χ1v) is 12.9. The highest BCUT2D eigenvalue weighted by atomic mass is 79.9. The van der Waals surface area contributed by atoms with Gasteiger partial charge in [0.2, 0.25) is 0 Å². The summed E-state index contributed by atoms with van der Waals surface area (Å²) in [5.74, 6) is -0.0495. The van der Waals surface area contributed by atoms with E-state index in [4.69, 9.17) is 0 Å². The van der Waals surface area contributed by atoms with E-state index in [-0.39, 0.29) is 5.91 Å². The van der Waals surface area contributed by atoms with Crippen LogP contribution in [0.15, 0.2) is 70.5 Å². The van der Waals surface area contributed by atoms with Crippen molar-refractivity contribution in [3.63, 3.8) is 0 Å². The molecule has 0 unspecified atom stereocenters. The quantitative estimate of drug-likeness (QED) is 0.278. The van der Waals surface area contributed by atoms with Crippen LogP contribution in [0.5, 0.6) is 0 Å². The second-order valence-corrected chi connectivity index (χ2v) is 10.4. The number of aromatic nitrogens is 1. The van der Waals surface area contributed by atoms with Crippen molar-refractivity contribution in [1.29, 1.82) is 0 Å². The Morgan fingerprint density at radius 1 is 0.914 bits per heavy atom. The smallest absolute Gasteiger partial charge is 0.335 e. The van der Waals surface area contributed by atoms with Crippen LogP contribution in [0.1, 0.15) is 27.2 Å². The molecule has 2 aromatic carbocycles. The molecule has 9 heteroatoms. The van der Waals surface area contributed by atoms with Crippen LogP contribution in [-0.4, -0.2) is 46.5 Å². The van der Waals surface area contributed by atoms with Gasteiger partial charge in [-0.25, -0.2) is 0 Å². The van der Waals surface area contributed by atoms with Crippen LogP contribution in [0.25, 0.3) is 10.2 Å². The van der Waals surface area contributed by atoms with Crippen LogP contribution in [0.3, 0.4) is 0 Å². The minimum absolute atomic E-state index is 0.0495. The third kappa shape index (κ3) is 5.17. The molecule has 0 aliphatic carbocycles. The molecule has 4 nitrogen and oxygen atoms in total. The van der Waals surface area contributed by atoms with E-state index in [1.54, 1.807) is 0 Å². The fraction of sp³-hybridized carbons (Fsp3) is 0.269. The number of hydrogen-bond donors (Lipinski definition) is 0. The van der Waals surface area contributed by atoms with Crippen molar-refractivity contribution >= 4 is 43.4 Å². The average Bonchev–Trinajstić information content (AvgIpc) is 3.39. The first-order valence-electron chi connectivity index (χ1n) is 11.3. The molecule has 0 atom stereocenters. The fourth-order valence-electron chi connectivity index (χ4n) is 4.47. The number of fused-ring (bicyclic) bond motifs is 1. The maximum absolute atomic E-state index is 13.6. The Kier molecular flexibility index (Phi) is 6.74. The van der Waals surface area contributed by atoms with E-state index in [1.807, 2.05) is 39.1 Å². The molecular formula is C26H23BrF3N3OS. The van der Waals surface area contributed by atoms with Gasteiger partial charge in [-0.2, -0.15) is 13.2 Å². The van der Waals surface area contributed by atoms with Crippen molar-refractivity contribution in [1.82, 2.24) is 14.4 Å². The van der Waals surface area contributed by atoms with Gasteiger partial charge in [-0.3, -0.25) is 9.69 Å². The molecule has 0 spiro atoms. The number of nitrogens with zero attached hydrogens (tertiary/aromatic N) is 3. The summed E-state index contributed by atoms with van der Waals surface area (Å²) in [5.41, 5.74) is 2.73. The lowest BCUT2D eigenvalue weighted by Crippen LogP contribution is -2.48. The molecule has 0 radical (unpaired) electrons. The zero-order valence-electron chi connectivity index (χ0n) is 18.8. The molecule has 0 bridgehead atoms.